The molecule has 0 bridgehead atoms. The fraction of sp³-hybridized carbons (Fsp3) is 0.714. The van der Waals surface area contributed by atoms with Crippen LogP contribution in [0.5, 0.6) is 0 Å². The quantitative estimate of drug-likeness (QED) is 0.739. The van der Waals surface area contributed by atoms with Crippen LogP contribution in [0.3, 0.4) is 0 Å². The SMILES string of the molecule is CN[C@@H]1CCN(c2nc(N)nc(NC[C]3CCCC3)n2)C1. The molecular formula is C14H24N7. The molecule has 1 aliphatic carbocycles. The van der Waals surface area contributed by atoms with Gasteiger partial charge in [0.25, 0.3) is 0 Å². The number of nitrogens with one attached hydrogen (secondary N) is 2. The van der Waals surface area contributed by atoms with E-state index in [1.807, 2.05) is 7.05 Å². The topological polar surface area (TPSA) is 92.0 Å². The van der Waals surface area contributed by atoms with Gasteiger partial charge in [0.2, 0.25) is 17.8 Å². The zero-order valence-electron chi connectivity index (χ0n) is 12.6. The summed E-state index contributed by atoms with van der Waals surface area (Å²) in [6.07, 6.45) is 6.15. The highest BCUT2D eigenvalue weighted by atomic mass is 15.3. The number of rotatable bonds is 5. The first-order valence-electron chi connectivity index (χ1n) is 7.76. The van der Waals surface area contributed by atoms with E-state index in [1.54, 1.807) is 5.92 Å². The third-order valence-electron chi connectivity index (χ3n) is 4.33. The van der Waals surface area contributed by atoms with Crippen LogP contribution in [0, 0.1) is 5.92 Å². The highest BCUT2D eigenvalue weighted by Gasteiger charge is 2.24. The van der Waals surface area contributed by atoms with Gasteiger partial charge in [-0.3, -0.25) is 0 Å². The predicted octanol–water partition coefficient (Wildman–Crippen LogP) is 0.812. The van der Waals surface area contributed by atoms with Gasteiger partial charge in [0.05, 0.1) is 0 Å². The molecule has 0 unspecified atom stereocenters. The summed E-state index contributed by atoms with van der Waals surface area (Å²) in [6, 6.07) is 0.494. The minimum atomic E-state index is 0.284. The maximum Gasteiger partial charge on any atom is 0.232 e. The number of hydrogen-bond acceptors (Lipinski definition) is 7. The van der Waals surface area contributed by atoms with E-state index in [-0.39, 0.29) is 5.95 Å². The Hall–Kier alpha value is -1.63. The summed E-state index contributed by atoms with van der Waals surface area (Å²) in [5, 5.41) is 6.59. The highest BCUT2D eigenvalue weighted by molar-refractivity contribution is 5.43. The fourth-order valence-electron chi connectivity index (χ4n) is 3.03. The van der Waals surface area contributed by atoms with Crippen LogP contribution < -0.4 is 21.3 Å². The molecule has 1 aromatic rings. The lowest BCUT2D eigenvalue weighted by atomic mass is 10.1. The van der Waals surface area contributed by atoms with Crippen LogP contribution >= 0.6 is 0 Å². The molecule has 2 heterocycles. The minimum absolute atomic E-state index is 0.284. The van der Waals surface area contributed by atoms with Gasteiger partial charge in [-0.2, -0.15) is 15.0 Å². The smallest absolute Gasteiger partial charge is 0.232 e. The lowest BCUT2D eigenvalue weighted by Gasteiger charge is -2.17. The Morgan fingerprint density at radius 2 is 2.05 bits per heavy atom. The van der Waals surface area contributed by atoms with Crippen LogP contribution in [-0.4, -0.2) is 47.7 Å². The molecule has 7 heteroatoms. The molecule has 0 spiro atoms. The standard InChI is InChI=1S/C14H24N7/c1-16-11-6-7-21(9-11)14-19-12(15)18-13(20-14)17-8-10-4-2-3-5-10/h11,16H,2-9H2,1H3,(H3,15,17,18,19,20)/t11-/m1/s1. The summed E-state index contributed by atoms with van der Waals surface area (Å²) in [5.41, 5.74) is 5.83. The van der Waals surface area contributed by atoms with Crippen LogP contribution in [0.25, 0.3) is 0 Å². The van der Waals surface area contributed by atoms with E-state index in [0.29, 0.717) is 17.9 Å². The van der Waals surface area contributed by atoms with Crippen molar-refractivity contribution >= 4 is 17.8 Å². The van der Waals surface area contributed by atoms with Gasteiger partial charge in [-0.05, 0) is 32.2 Å². The zero-order chi connectivity index (χ0) is 14.7. The lowest BCUT2D eigenvalue weighted by molar-refractivity contribution is 0.616. The summed E-state index contributed by atoms with van der Waals surface area (Å²) in [5.74, 6) is 3.10. The molecule has 115 valence electrons. The zero-order valence-corrected chi connectivity index (χ0v) is 12.6. The third-order valence-corrected chi connectivity index (χ3v) is 4.33. The molecule has 1 radical (unpaired) electrons. The largest absolute Gasteiger partial charge is 0.368 e. The molecule has 1 aromatic heterocycles. The maximum atomic E-state index is 5.83. The van der Waals surface area contributed by atoms with Crippen LogP contribution in [-0.2, 0) is 0 Å². The average Bonchev–Trinajstić information content (AvgIpc) is 3.16. The van der Waals surface area contributed by atoms with Gasteiger partial charge in [-0.1, -0.05) is 12.8 Å². The Kier molecular flexibility index (Phi) is 4.38. The summed E-state index contributed by atoms with van der Waals surface area (Å²) >= 11 is 0. The van der Waals surface area contributed by atoms with Gasteiger partial charge in [-0.25, -0.2) is 0 Å². The molecule has 7 nitrogen and oxygen atoms in total. The third kappa shape index (κ3) is 3.53. The first-order chi connectivity index (χ1) is 10.2. The normalized spacial score (nSPS) is 22.9. The van der Waals surface area contributed by atoms with Gasteiger partial charge in [0, 0.05) is 25.7 Å². The highest BCUT2D eigenvalue weighted by Crippen LogP contribution is 2.26. The van der Waals surface area contributed by atoms with Gasteiger partial charge in [0.15, 0.2) is 0 Å². The van der Waals surface area contributed by atoms with E-state index in [4.69, 9.17) is 5.73 Å². The second-order valence-corrected chi connectivity index (χ2v) is 5.85. The predicted molar refractivity (Wildman–Crippen MR) is 84.1 cm³/mol. The Labute approximate surface area is 125 Å². The molecule has 4 N–H and O–H groups in total. The van der Waals surface area contributed by atoms with Crippen molar-refractivity contribution in [1.29, 1.82) is 0 Å². The number of aromatic nitrogens is 3. The van der Waals surface area contributed by atoms with E-state index in [0.717, 1.165) is 26.1 Å². The molecular weight excluding hydrogens is 266 g/mol. The van der Waals surface area contributed by atoms with Crippen molar-refractivity contribution in [2.24, 2.45) is 0 Å². The maximum absolute atomic E-state index is 5.83. The summed E-state index contributed by atoms with van der Waals surface area (Å²) in [6.45, 7) is 2.71. The van der Waals surface area contributed by atoms with Crippen molar-refractivity contribution in [2.45, 2.75) is 38.1 Å². The van der Waals surface area contributed by atoms with Crippen molar-refractivity contribution in [1.82, 2.24) is 20.3 Å². The number of nitrogen functional groups attached to an aromatic ring is 1. The Morgan fingerprint density at radius 3 is 2.76 bits per heavy atom. The molecule has 0 amide bonds. The van der Waals surface area contributed by atoms with Crippen molar-refractivity contribution in [3.05, 3.63) is 5.92 Å². The minimum Gasteiger partial charge on any atom is -0.368 e. The van der Waals surface area contributed by atoms with Crippen molar-refractivity contribution in [3.8, 4) is 0 Å². The molecule has 1 saturated heterocycles. The number of likely N-dealkylation sites (N-methyl/N-ethyl adjacent to an activating group) is 1. The number of anilines is 3. The Morgan fingerprint density at radius 1 is 1.24 bits per heavy atom. The second-order valence-electron chi connectivity index (χ2n) is 5.85. The molecule has 1 atom stereocenters. The van der Waals surface area contributed by atoms with Gasteiger partial charge >= 0.3 is 0 Å². The van der Waals surface area contributed by atoms with E-state index in [2.05, 4.69) is 30.5 Å². The van der Waals surface area contributed by atoms with Crippen LogP contribution in [0.2, 0.25) is 0 Å². The Balaban J connectivity index is 1.64. The molecule has 2 aliphatic rings. The first-order valence-corrected chi connectivity index (χ1v) is 7.76. The Bertz CT molecular complexity index is 472. The van der Waals surface area contributed by atoms with E-state index < -0.39 is 0 Å². The molecule has 0 aromatic carbocycles. The molecule has 2 fully saturated rings. The van der Waals surface area contributed by atoms with E-state index >= 15 is 0 Å². The lowest BCUT2D eigenvalue weighted by Crippen LogP contribution is -2.30. The molecule has 3 rings (SSSR count). The van der Waals surface area contributed by atoms with Crippen LogP contribution in [0.4, 0.5) is 17.8 Å². The second kappa shape index (κ2) is 6.43. The van der Waals surface area contributed by atoms with Crippen LogP contribution in [0.15, 0.2) is 0 Å². The average molecular weight is 290 g/mol. The number of hydrogen-bond donors (Lipinski definition) is 3. The van der Waals surface area contributed by atoms with Crippen molar-refractivity contribution < 1.29 is 0 Å². The fourth-order valence-corrected chi connectivity index (χ4v) is 3.03. The van der Waals surface area contributed by atoms with Gasteiger partial charge < -0.3 is 21.3 Å². The summed E-state index contributed by atoms with van der Waals surface area (Å²) < 4.78 is 0. The monoisotopic (exact) mass is 290 g/mol. The molecule has 1 aliphatic heterocycles. The van der Waals surface area contributed by atoms with Gasteiger partial charge in [-0.15, -0.1) is 0 Å². The van der Waals surface area contributed by atoms with E-state index in [1.165, 1.54) is 25.7 Å². The van der Waals surface area contributed by atoms with Crippen molar-refractivity contribution in [3.63, 3.8) is 0 Å². The van der Waals surface area contributed by atoms with Crippen LogP contribution in [0.1, 0.15) is 32.1 Å². The number of nitrogens with two attached hydrogens (primary N) is 1. The molecule has 1 saturated carbocycles. The van der Waals surface area contributed by atoms with Gasteiger partial charge in [0.1, 0.15) is 0 Å². The molecule has 21 heavy (non-hydrogen) atoms. The van der Waals surface area contributed by atoms with E-state index in [9.17, 15) is 0 Å². The summed E-state index contributed by atoms with van der Waals surface area (Å²) in [7, 11) is 1.99. The first kappa shape index (κ1) is 14.3. The van der Waals surface area contributed by atoms with Crippen molar-refractivity contribution in [2.75, 3.05) is 42.6 Å². The summed E-state index contributed by atoms with van der Waals surface area (Å²) in [4.78, 5) is 15.1. The number of nitrogens with zero attached hydrogens (tertiary/aromatic N) is 4.